The molecule has 0 rings (SSSR count). The zero-order chi connectivity index (χ0) is 20.2. The van der Waals surface area contributed by atoms with Crippen LogP contribution in [0.2, 0.25) is 0 Å². The Balaban J connectivity index is 3.98. The van der Waals surface area contributed by atoms with E-state index in [1.807, 2.05) is 0 Å². The maximum atomic E-state index is 12.5. The second-order valence-electron chi connectivity index (χ2n) is 7.35. The number of amides is 1. The molecular formula is C22H43NO4. The summed E-state index contributed by atoms with van der Waals surface area (Å²) >= 11 is 0. The quantitative estimate of drug-likeness (QED) is 0.250. The highest BCUT2D eigenvalue weighted by molar-refractivity contribution is 5.78. The van der Waals surface area contributed by atoms with E-state index in [2.05, 4.69) is 19.2 Å². The lowest BCUT2D eigenvalue weighted by molar-refractivity contribution is -0.142. The molecule has 0 aromatic heterocycles. The first kappa shape index (κ1) is 25.9. The SMILES string of the molecule is CCCCCCCCC(CCCCCC)C(=O)NCCOCCOC(C)=O. The van der Waals surface area contributed by atoms with Gasteiger partial charge in [0.1, 0.15) is 6.61 Å². The van der Waals surface area contributed by atoms with Crippen molar-refractivity contribution in [3.63, 3.8) is 0 Å². The standard InChI is InChI=1S/C22H43NO4/c1-4-6-8-10-11-13-15-21(14-12-9-7-5-2)22(25)23-16-17-26-18-19-27-20(3)24/h21H,4-19H2,1-3H3,(H,23,25). The van der Waals surface area contributed by atoms with Crippen molar-refractivity contribution in [1.29, 1.82) is 0 Å². The molecule has 0 aliphatic rings. The van der Waals surface area contributed by atoms with Gasteiger partial charge in [0.15, 0.2) is 0 Å². The largest absolute Gasteiger partial charge is 0.463 e. The Hall–Kier alpha value is -1.10. The van der Waals surface area contributed by atoms with Gasteiger partial charge in [-0.05, 0) is 12.8 Å². The Labute approximate surface area is 167 Å². The first-order valence-corrected chi connectivity index (χ1v) is 11.1. The summed E-state index contributed by atoms with van der Waals surface area (Å²) in [5.74, 6) is 0.00484. The molecule has 0 saturated heterocycles. The van der Waals surface area contributed by atoms with Crippen LogP contribution in [-0.4, -0.2) is 38.2 Å². The molecule has 0 aromatic carbocycles. The zero-order valence-electron chi connectivity index (χ0n) is 18.0. The maximum absolute atomic E-state index is 12.5. The van der Waals surface area contributed by atoms with Crippen molar-refractivity contribution in [3.8, 4) is 0 Å². The van der Waals surface area contributed by atoms with Crippen LogP contribution in [0.1, 0.15) is 97.8 Å². The van der Waals surface area contributed by atoms with Crippen molar-refractivity contribution in [3.05, 3.63) is 0 Å². The molecule has 160 valence electrons. The summed E-state index contributed by atoms with van der Waals surface area (Å²) in [7, 11) is 0. The van der Waals surface area contributed by atoms with E-state index < -0.39 is 0 Å². The highest BCUT2D eigenvalue weighted by Crippen LogP contribution is 2.19. The molecule has 0 spiro atoms. The Morgan fingerprint density at radius 2 is 1.33 bits per heavy atom. The molecule has 1 amide bonds. The fourth-order valence-electron chi connectivity index (χ4n) is 3.13. The van der Waals surface area contributed by atoms with Crippen LogP contribution in [0.15, 0.2) is 0 Å². The van der Waals surface area contributed by atoms with Gasteiger partial charge in [-0.25, -0.2) is 0 Å². The monoisotopic (exact) mass is 385 g/mol. The maximum Gasteiger partial charge on any atom is 0.302 e. The van der Waals surface area contributed by atoms with Crippen LogP contribution in [-0.2, 0) is 19.1 Å². The second-order valence-corrected chi connectivity index (χ2v) is 7.35. The number of esters is 1. The molecule has 0 fully saturated rings. The Morgan fingerprint density at radius 1 is 0.778 bits per heavy atom. The van der Waals surface area contributed by atoms with E-state index in [4.69, 9.17) is 9.47 Å². The van der Waals surface area contributed by atoms with Gasteiger partial charge in [-0.3, -0.25) is 9.59 Å². The van der Waals surface area contributed by atoms with E-state index in [0.717, 1.165) is 25.7 Å². The van der Waals surface area contributed by atoms with Crippen molar-refractivity contribution < 1.29 is 19.1 Å². The van der Waals surface area contributed by atoms with Gasteiger partial charge in [0.2, 0.25) is 5.91 Å². The van der Waals surface area contributed by atoms with Gasteiger partial charge >= 0.3 is 5.97 Å². The third-order valence-corrected chi connectivity index (χ3v) is 4.76. The van der Waals surface area contributed by atoms with Crippen molar-refractivity contribution in [2.24, 2.45) is 5.92 Å². The summed E-state index contributed by atoms with van der Waals surface area (Å²) in [6, 6.07) is 0. The molecule has 0 bridgehead atoms. The third-order valence-electron chi connectivity index (χ3n) is 4.76. The van der Waals surface area contributed by atoms with E-state index in [0.29, 0.717) is 19.8 Å². The van der Waals surface area contributed by atoms with Crippen molar-refractivity contribution in [2.45, 2.75) is 97.8 Å². The summed E-state index contributed by atoms with van der Waals surface area (Å²) in [6.45, 7) is 7.42. The normalized spacial score (nSPS) is 12.0. The molecule has 0 radical (unpaired) electrons. The molecule has 0 aliphatic carbocycles. The Bertz CT molecular complexity index is 360. The molecule has 0 heterocycles. The van der Waals surface area contributed by atoms with Gasteiger partial charge in [0.25, 0.3) is 0 Å². The van der Waals surface area contributed by atoms with E-state index in [1.165, 1.54) is 58.3 Å². The number of rotatable bonds is 19. The summed E-state index contributed by atoms with van der Waals surface area (Å²) in [4.78, 5) is 23.2. The summed E-state index contributed by atoms with van der Waals surface area (Å²) in [6.07, 6.45) is 14.4. The number of unbranched alkanes of at least 4 members (excludes halogenated alkanes) is 8. The summed E-state index contributed by atoms with van der Waals surface area (Å²) < 4.78 is 10.2. The molecule has 1 unspecified atom stereocenters. The van der Waals surface area contributed by atoms with E-state index in [1.54, 1.807) is 0 Å². The number of hydrogen-bond donors (Lipinski definition) is 1. The van der Waals surface area contributed by atoms with Crippen molar-refractivity contribution in [2.75, 3.05) is 26.4 Å². The molecule has 0 saturated carbocycles. The minimum Gasteiger partial charge on any atom is -0.463 e. The van der Waals surface area contributed by atoms with E-state index in [9.17, 15) is 9.59 Å². The van der Waals surface area contributed by atoms with Gasteiger partial charge in [-0.15, -0.1) is 0 Å². The van der Waals surface area contributed by atoms with Gasteiger partial charge in [0.05, 0.1) is 13.2 Å². The average Bonchev–Trinajstić information content (AvgIpc) is 2.65. The van der Waals surface area contributed by atoms with Crippen LogP contribution >= 0.6 is 0 Å². The molecular weight excluding hydrogens is 342 g/mol. The number of hydrogen-bond acceptors (Lipinski definition) is 4. The Morgan fingerprint density at radius 3 is 1.93 bits per heavy atom. The lowest BCUT2D eigenvalue weighted by Gasteiger charge is -2.17. The predicted octanol–water partition coefficient (Wildman–Crippen LogP) is 5.02. The topological polar surface area (TPSA) is 64.6 Å². The zero-order valence-corrected chi connectivity index (χ0v) is 18.0. The van der Waals surface area contributed by atoms with Crippen LogP contribution in [0.25, 0.3) is 0 Å². The van der Waals surface area contributed by atoms with Crippen LogP contribution in [0.4, 0.5) is 0 Å². The van der Waals surface area contributed by atoms with Crippen LogP contribution in [0, 0.1) is 5.92 Å². The summed E-state index contributed by atoms with van der Waals surface area (Å²) in [5.41, 5.74) is 0. The molecule has 0 aromatic rings. The van der Waals surface area contributed by atoms with E-state index >= 15 is 0 Å². The predicted molar refractivity (Wildman–Crippen MR) is 111 cm³/mol. The van der Waals surface area contributed by atoms with Crippen molar-refractivity contribution >= 4 is 11.9 Å². The summed E-state index contributed by atoms with van der Waals surface area (Å²) in [5, 5.41) is 3.01. The highest BCUT2D eigenvalue weighted by Gasteiger charge is 2.17. The van der Waals surface area contributed by atoms with Gasteiger partial charge in [-0.1, -0.05) is 78.1 Å². The molecule has 5 heteroatoms. The Kier molecular flexibility index (Phi) is 18.9. The van der Waals surface area contributed by atoms with Gasteiger partial charge < -0.3 is 14.8 Å². The smallest absolute Gasteiger partial charge is 0.302 e. The average molecular weight is 386 g/mol. The first-order valence-electron chi connectivity index (χ1n) is 11.1. The van der Waals surface area contributed by atoms with Crippen molar-refractivity contribution in [1.82, 2.24) is 5.32 Å². The minimum atomic E-state index is -0.299. The van der Waals surface area contributed by atoms with Crippen LogP contribution < -0.4 is 5.32 Å². The molecule has 27 heavy (non-hydrogen) atoms. The molecule has 1 N–H and O–H groups in total. The van der Waals surface area contributed by atoms with Crippen LogP contribution in [0.3, 0.4) is 0 Å². The van der Waals surface area contributed by atoms with Crippen LogP contribution in [0.5, 0.6) is 0 Å². The number of carbonyl (C=O) groups excluding carboxylic acids is 2. The van der Waals surface area contributed by atoms with Gasteiger partial charge in [-0.2, -0.15) is 0 Å². The fourth-order valence-corrected chi connectivity index (χ4v) is 3.13. The second kappa shape index (κ2) is 19.7. The minimum absolute atomic E-state index is 0.133. The highest BCUT2D eigenvalue weighted by atomic mass is 16.6. The number of nitrogens with one attached hydrogen (secondary N) is 1. The third kappa shape index (κ3) is 18.0. The van der Waals surface area contributed by atoms with E-state index in [-0.39, 0.29) is 24.4 Å². The lowest BCUT2D eigenvalue weighted by Crippen LogP contribution is -2.33. The molecule has 1 atom stereocenters. The number of ether oxygens (including phenoxy) is 2. The van der Waals surface area contributed by atoms with Gasteiger partial charge in [0, 0.05) is 19.4 Å². The number of carbonyl (C=O) groups is 2. The molecule has 0 aliphatic heterocycles. The molecule has 5 nitrogen and oxygen atoms in total. The fraction of sp³-hybridized carbons (Fsp3) is 0.909. The lowest BCUT2D eigenvalue weighted by atomic mass is 9.93. The first-order chi connectivity index (χ1) is 13.1.